The van der Waals surface area contributed by atoms with E-state index in [9.17, 15) is 10.1 Å². The number of aryl methyl sites for hydroxylation is 1. The number of aromatic nitrogens is 3. The van der Waals surface area contributed by atoms with E-state index in [4.69, 9.17) is 5.26 Å². The van der Waals surface area contributed by atoms with Gasteiger partial charge in [0.05, 0.1) is 17.7 Å². The molecule has 0 aromatic carbocycles. The van der Waals surface area contributed by atoms with Gasteiger partial charge < -0.3 is 5.32 Å². The number of rotatable bonds is 5. The summed E-state index contributed by atoms with van der Waals surface area (Å²) in [7, 11) is 0. The smallest absolute Gasteiger partial charge is 0.305 e. The first kappa shape index (κ1) is 13.5. The van der Waals surface area contributed by atoms with Gasteiger partial charge in [0.25, 0.3) is 0 Å². The second-order valence-electron chi connectivity index (χ2n) is 4.14. The molecule has 2 heterocycles. The quantitative estimate of drug-likeness (QED) is 0.652. The average molecular weight is 272 g/mol. The maximum absolute atomic E-state index is 10.7. The maximum atomic E-state index is 10.7. The van der Waals surface area contributed by atoms with Gasteiger partial charge in [-0.25, -0.2) is 4.98 Å². The fraction of sp³-hybridized carbons (Fsp3) is 0.250. The highest BCUT2D eigenvalue weighted by Gasteiger charge is 2.15. The van der Waals surface area contributed by atoms with Crippen molar-refractivity contribution in [2.75, 3.05) is 11.9 Å². The van der Waals surface area contributed by atoms with Crippen LogP contribution in [0.4, 0.5) is 11.5 Å². The third-order valence-electron chi connectivity index (χ3n) is 2.59. The van der Waals surface area contributed by atoms with Crippen LogP contribution in [0.5, 0.6) is 0 Å². The van der Waals surface area contributed by atoms with E-state index >= 15 is 0 Å². The molecule has 2 rings (SSSR count). The summed E-state index contributed by atoms with van der Waals surface area (Å²) in [5.41, 5.74) is 0.584. The summed E-state index contributed by atoms with van der Waals surface area (Å²) in [5, 5.41) is 26.6. The van der Waals surface area contributed by atoms with Gasteiger partial charge in [0, 0.05) is 18.8 Å². The summed E-state index contributed by atoms with van der Waals surface area (Å²) in [6.45, 7) is 3.14. The van der Waals surface area contributed by atoms with Gasteiger partial charge in [-0.05, 0) is 18.6 Å². The topological polar surface area (TPSA) is 110 Å². The van der Waals surface area contributed by atoms with Gasteiger partial charge in [-0.15, -0.1) is 0 Å². The van der Waals surface area contributed by atoms with Crippen molar-refractivity contribution in [3.8, 4) is 6.07 Å². The zero-order chi connectivity index (χ0) is 14.5. The molecule has 0 atom stereocenters. The van der Waals surface area contributed by atoms with Crippen LogP contribution in [-0.4, -0.2) is 26.2 Å². The molecule has 0 saturated heterocycles. The summed E-state index contributed by atoms with van der Waals surface area (Å²) in [5.74, 6) is 0.427. The van der Waals surface area contributed by atoms with Crippen LogP contribution in [0.2, 0.25) is 0 Å². The van der Waals surface area contributed by atoms with Crippen molar-refractivity contribution in [1.29, 1.82) is 5.26 Å². The molecule has 0 radical (unpaired) electrons. The van der Waals surface area contributed by atoms with Crippen molar-refractivity contribution >= 4 is 11.5 Å². The molecule has 20 heavy (non-hydrogen) atoms. The molecular formula is C12H12N6O2. The SMILES string of the molecule is Cc1cnn(CCNc2ccc([N+](=O)[O-])c(C#N)n2)c1. The number of pyridine rings is 1. The molecule has 0 aliphatic rings. The van der Waals surface area contributed by atoms with Crippen LogP contribution in [0.15, 0.2) is 24.5 Å². The summed E-state index contributed by atoms with van der Waals surface area (Å²) in [6.07, 6.45) is 3.67. The Kier molecular flexibility index (Phi) is 3.91. The van der Waals surface area contributed by atoms with Crippen molar-refractivity contribution < 1.29 is 4.92 Å². The number of nitriles is 1. The fourth-order valence-corrected chi connectivity index (χ4v) is 1.67. The first-order valence-corrected chi connectivity index (χ1v) is 5.88. The van der Waals surface area contributed by atoms with E-state index in [0.717, 1.165) is 5.56 Å². The van der Waals surface area contributed by atoms with Gasteiger partial charge in [0.1, 0.15) is 11.9 Å². The van der Waals surface area contributed by atoms with Crippen LogP contribution in [0.1, 0.15) is 11.3 Å². The van der Waals surface area contributed by atoms with Crippen LogP contribution in [0.3, 0.4) is 0 Å². The number of nitrogens with zero attached hydrogens (tertiary/aromatic N) is 5. The normalized spacial score (nSPS) is 10.0. The Bertz CT molecular complexity index is 673. The molecule has 0 unspecified atom stereocenters. The van der Waals surface area contributed by atoms with Crippen molar-refractivity contribution in [1.82, 2.24) is 14.8 Å². The lowest BCUT2D eigenvalue weighted by atomic mass is 10.3. The Hall–Kier alpha value is -2.95. The van der Waals surface area contributed by atoms with Gasteiger partial charge >= 0.3 is 5.69 Å². The van der Waals surface area contributed by atoms with Crippen molar-refractivity contribution in [3.05, 3.63) is 45.9 Å². The van der Waals surface area contributed by atoms with Gasteiger partial charge in [-0.1, -0.05) is 0 Å². The minimum Gasteiger partial charge on any atom is -0.368 e. The molecule has 8 nitrogen and oxygen atoms in total. The number of hydrogen-bond donors (Lipinski definition) is 1. The summed E-state index contributed by atoms with van der Waals surface area (Å²) in [6, 6.07) is 4.47. The van der Waals surface area contributed by atoms with Gasteiger partial charge in [-0.2, -0.15) is 10.4 Å². The number of hydrogen-bond acceptors (Lipinski definition) is 6. The zero-order valence-electron chi connectivity index (χ0n) is 10.8. The standard InChI is InChI=1S/C12H12N6O2/c1-9-7-15-17(8-9)5-4-14-12-3-2-11(18(19)20)10(6-13)16-12/h2-3,7-8H,4-5H2,1H3,(H,14,16). The monoisotopic (exact) mass is 272 g/mol. The molecule has 0 bridgehead atoms. The van der Waals surface area contributed by atoms with Crippen LogP contribution >= 0.6 is 0 Å². The minimum absolute atomic E-state index is 0.199. The molecule has 8 heteroatoms. The lowest BCUT2D eigenvalue weighted by molar-refractivity contribution is -0.385. The van der Waals surface area contributed by atoms with Gasteiger partial charge in [0.15, 0.2) is 0 Å². The highest BCUT2D eigenvalue weighted by atomic mass is 16.6. The molecule has 0 fully saturated rings. The maximum Gasteiger partial charge on any atom is 0.305 e. The minimum atomic E-state index is -0.623. The molecule has 0 saturated carbocycles. The number of nitrogens with one attached hydrogen (secondary N) is 1. The largest absolute Gasteiger partial charge is 0.368 e. The molecule has 2 aromatic rings. The Morgan fingerprint density at radius 1 is 1.55 bits per heavy atom. The molecule has 0 aliphatic heterocycles. The van der Waals surface area contributed by atoms with Crippen LogP contribution in [0, 0.1) is 28.4 Å². The Balaban J connectivity index is 2.00. The molecular weight excluding hydrogens is 260 g/mol. The van der Waals surface area contributed by atoms with E-state index in [1.54, 1.807) is 16.9 Å². The zero-order valence-corrected chi connectivity index (χ0v) is 10.8. The van der Waals surface area contributed by atoms with Crippen LogP contribution in [0.25, 0.3) is 0 Å². The summed E-state index contributed by atoms with van der Waals surface area (Å²) in [4.78, 5) is 14.0. The predicted octanol–water partition coefficient (Wildman–Crippen LogP) is 1.48. The van der Waals surface area contributed by atoms with E-state index in [-0.39, 0.29) is 11.4 Å². The number of nitro groups is 1. The Labute approximate surface area is 114 Å². The number of anilines is 1. The fourth-order valence-electron chi connectivity index (χ4n) is 1.67. The summed E-state index contributed by atoms with van der Waals surface area (Å²) >= 11 is 0. The highest BCUT2D eigenvalue weighted by molar-refractivity contribution is 5.50. The Morgan fingerprint density at radius 2 is 2.35 bits per heavy atom. The third-order valence-corrected chi connectivity index (χ3v) is 2.59. The van der Waals surface area contributed by atoms with E-state index in [1.165, 1.54) is 12.1 Å². The van der Waals surface area contributed by atoms with E-state index in [0.29, 0.717) is 18.9 Å². The first-order chi connectivity index (χ1) is 9.60. The lowest BCUT2D eigenvalue weighted by Gasteiger charge is -2.06. The first-order valence-electron chi connectivity index (χ1n) is 5.88. The molecule has 1 N–H and O–H groups in total. The van der Waals surface area contributed by atoms with E-state index in [1.807, 2.05) is 13.1 Å². The van der Waals surface area contributed by atoms with Crippen LogP contribution < -0.4 is 5.32 Å². The second kappa shape index (κ2) is 5.79. The average Bonchev–Trinajstić information content (AvgIpc) is 2.84. The Morgan fingerprint density at radius 3 is 2.95 bits per heavy atom. The van der Waals surface area contributed by atoms with Crippen molar-refractivity contribution in [3.63, 3.8) is 0 Å². The van der Waals surface area contributed by atoms with Crippen molar-refractivity contribution in [2.45, 2.75) is 13.5 Å². The van der Waals surface area contributed by atoms with Crippen molar-refractivity contribution in [2.24, 2.45) is 0 Å². The molecule has 102 valence electrons. The predicted molar refractivity (Wildman–Crippen MR) is 71.1 cm³/mol. The molecule has 0 aliphatic carbocycles. The van der Waals surface area contributed by atoms with E-state index < -0.39 is 4.92 Å². The summed E-state index contributed by atoms with van der Waals surface area (Å²) < 4.78 is 1.78. The second-order valence-corrected chi connectivity index (χ2v) is 4.14. The molecule has 2 aromatic heterocycles. The molecule has 0 spiro atoms. The lowest BCUT2D eigenvalue weighted by Crippen LogP contribution is -2.12. The van der Waals surface area contributed by atoms with E-state index in [2.05, 4.69) is 15.4 Å². The molecule has 0 amide bonds. The van der Waals surface area contributed by atoms with Crippen LogP contribution in [-0.2, 0) is 6.54 Å². The third kappa shape index (κ3) is 3.08. The van der Waals surface area contributed by atoms with Gasteiger partial charge in [0.2, 0.25) is 5.69 Å². The van der Waals surface area contributed by atoms with Gasteiger partial charge in [-0.3, -0.25) is 14.8 Å². The highest BCUT2D eigenvalue weighted by Crippen LogP contribution is 2.17.